The van der Waals surface area contributed by atoms with Gasteiger partial charge in [0.05, 0.1) is 5.56 Å². The standard InChI is InChI=1S/C13H10O2.C3H6O.C2H6O.2C2H6/c14-13(11-7-3-1-4-8-11)15-12-9-5-2-6-10-12;1-3(2)4;1-3-2;2*1-2/h1-10H;1-2H3;1-2H3;2*1-2H3. The van der Waals surface area contributed by atoms with Gasteiger partial charge in [0.25, 0.3) is 0 Å². The Balaban J connectivity index is -0.000000405. The lowest BCUT2D eigenvalue weighted by Gasteiger charge is -2.02. The van der Waals surface area contributed by atoms with Gasteiger partial charge >= 0.3 is 5.97 Å². The van der Waals surface area contributed by atoms with Gasteiger partial charge in [-0.25, -0.2) is 4.79 Å². The lowest BCUT2D eigenvalue weighted by Crippen LogP contribution is -2.07. The van der Waals surface area contributed by atoms with Gasteiger partial charge < -0.3 is 14.3 Å². The third-order valence-corrected chi connectivity index (χ3v) is 1.96. The maximum absolute atomic E-state index is 11.6. The highest BCUT2D eigenvalue weighted by Gasteiger charge is 2.06. The molecule has 26 heavy (non-hydrogen) atoms. The Morgan fingerprint density at radius 1 is 0.692 bits per heavy atom. The normalized spacial score (nSPS) is 7.69. The first-order valence-corrected chi connectivity index (χ1v) is 8.70. The number of hydrogen-bond donors (Lipinski definition) is 0. The smallest absolute Gasteiger partial charge is 0.343 e. The molecule has 2 aromatic carbocycles. The second kappa shape index (κ2) is 22.5. The van der Waals surface area contributed by atoms with Gasteiger partial charge in [-0.3, -0.25) is 0 Å². The molecule has 0 spiro atoms. The lowest BCUT2D eigenvalue weighted by molar-refractivity contribution is -0.115. The van der Waals surface area contributed by atoms with Gasteiger partial charge in [-0.1, -0.05) is 64.1 Å². The van der Waals surface area contributed by atoms with Crippen molar-refractivity contribution >= 4 is 11.8 Å². The molecule has 0 heterocycles. The zero-order valence-electron chi connectivity index (χ0n) is 17.4. The van der Waals surface area contributed by atoms with Gasteiger partial charge in [-0.05, 0) is 38.1 Å². The van der Waals surface area contributed by atoms with E-state index in [0.717, 1.165) is 0 Å². The number of ether oxygens (including phenoxy) is 2. The first-order valence-electron chi connectivity index (χ1n) is 8.70. The molecule has 0 amide bonds. The van der Waals surface area contributed by atoms with Crippen molar-refractivity contribution in [2.24, 2.45) is 0 Å². The average molecular weight is 363 g/mol. The second-order valence-electron chi connectivity index (χ2n) is 4.39. The number of ketones is 1. The minimum Gasteiger partial charge on any atom is -0.423 e. The van der Waals surface area contributed by atoms with Gasteiger partial charge in [0.2, 0.25) is 0 Å². The van der Waals surface area contributed by atoms with Gasteiger partial charge in [-0.2, -0.15) is 0 Å². The summed E-state index contributed by atoms with van der Waals surface area (Å²) >= 11 is 0. The van der Waals surface area contributed by atoms with E-state index < -0.39 is 0 Å². The molecule has 2 aromatic rings. The Morgan fingerprint density at radius 2 is 1.00 bits per heavy atom. The molecule has 4 heteroatoms. The van der Waals surface area contributed by atoms with Gasteiger partial charge in [-0.15, -0.1) is 0 Å². The third kappa shape index (κ3) is 19.6. The van der Waals surface area contributed by atoms with Crippen molar-refractivity contribution in [3.05, 3.63) is 66.2 Å². The molecule has 0 saturated carbocycles. The van der Waals surface area contributed by atoms with Crippen LogP contribution in [0.3, 0.4) is 0 Å². The molecule has 0 aliphatic carbocycles. The van der Waals surface area contributed by atoms with Gasteiger partial charge in [0.1, 0.15) is 11.5 Å². The Morgan fingerprint density at radius 3 is 1.35 bits per heavy atom. The zero-order valence-corrected chi connectivity index (χ0v) is 17.4. The molecule has 0 N–H and O–H groups in total. The maximum Gasteiger partial charge on any atom is 0.343 e. The quantitative estimate of drug-likeness (QED) is 0.499. The number of methoxy groups -OCH3 is 1. The Hall–Kier alpha value is -2.46. The van der Waals surface area contributed by atoms with Crippen molar-refractivity contribution in [3.63, 3.8) is 0 Å². The molecule has 4 nitrogen and oxygen atoms in total. The SMILES string of the molecule is CC.CC.CC(C)=O.COC.O=C(Oc1ccccc1)c1ccccc1. The number of para-hydroxylation sites is 1. The summed E-state index contributed by atoms with van der Waals surface area (Å²) in [6, 6.07) is 18.0. The molecule has 0 atom stereocenters. The van der Waals surface area contributed by atoms with E-state index >= 15 is 0 Å². The van der Waals surface area contributed by atoms with Crippen LogP contribution in [-0.4, -0.2) is 26.0 Å². The van der Waals surface area contributed by atoms with Gasteiger partial charge in [0, 0.05) is 14.2 Å². The lowest BCUT2D eigenvalue weighted by atomic mass is 10.2. The van der Waals surface area contributed by atoms with Crippen LogP contribution in [0, 0.1) is 0 Å². The van der Waals surface area contributed by atoms with Crippen molar-refractivity contribution in [1.82, 2.24) is 0 Å². The summed E-state index contributed by atoms with van der Waals surface area (Å²) in [5.74, 6) is 0.396. The maximum atomic E-state index is 11.6. The van der Waals surface area contributed by atoms with Crippen LogP contribution in [0.5, 0.6) is 5.75 Å². The summed E-state index contributed by atoms with van der Waals surface area (Å²) in [6.45, 7) is 11.1. The highest BCUT2D eigenvalue weighted by molar-refractivity contribution is 5.90. The van der Waals surface area contributed by atoms with E-state index in [0.29, 0.717) is 11.3 Å². The first kappa shape index (κ1) is 28.3. The predicted molar refractivity (Wildman–Crippen MR) is 110 cm³/mol. The summed E-state index contributed by atoms with van der Waals surface area (Å²) in [4.78, 5) is 21.0. The fraction of sp³-hybridized carbons (Fsp3) is 0.364. The summed E-state index contributed by atoms with van der Waals surface area (Å²) in [6.07, 6.45) is 0. The van der Waals surface area contributed by atoms with Crippen LogP contribution in [0.1, 0.15) is 51.9 Å². The molecular formula is C22H34O4. The number of rotatable bonds is 2. The number of esters is 1. The molecule has 0 bridgehead atoms. The van der Waals surface area contributed by atoms with Crippen molar-refractivity contribution in [2.45, 2.75) is 41.5 Å². The van der Waals surface area contributed by atoms with Crippen molar-refractivity contribution in [3.8, 4) is 5.75 Å². The zero-order chi connectivity index (χ0) is 20.8. The number of Topliss-reactive ketones (excluding diaryl/α,β-unsaturated/α-hetero) is 1. The molecule has 0 saturated heterocycles. The van der Waals surface area contributed by atoms with Crippen LogP contribution in [0.4, 0.5) is 0 Å². The highest BCUT2D eigenvalue weighted by Crippen LogP contribution is 2.11. The molecule has 146 valence electrons. The Bertz CT molecular complexity index is 533. The van der Waals surface area contributed by atoms with Crippen molar-refractivity contribution in [2.75, 3.05) is 14.2 Å². The highest BCUT2D eigenvalue weighted by atomic mass is 16.5. The monoisotopic (exact) mass is 362 g/mol. The fourth-order valence-electron chi connectivity index (χ4n) is 1.23. The fourth-order valence-corrected chi connectivity index (χ4v) is 1.23. The molecule has 2 rings (SSSR count). The summed E-state index contributed by atoms with van der Waals surface area (Å²) < 4.78 is 9.41. The van der Waals surface area contributed by atoms with Crippen LogP contribution in [-0.2, 0) is 9.53 Å². The Labute approximate surface area is 159 Å². The summed E-state index contributed by atoms with van der Waals surface area (Å²) in [5, 5.41) is 0. The molecular weight excluding hydrogens is 328 g/mol. The number of benzene rings is 2. The molecule has 0 unspecified atom stereocenters. The van der Waals surface area contributed by atoms with E-state index in [1.165, 1.54) is 13.8 Å². The summed E-state index contributed by atoms with van der Waals surface area (Å²) in [7, 11) is 3.25. The predicted octanol–water partition coefficient (Wildman–Crippen LogP) is 5.82. The second-order valence-corrected chi connectivity index (χ2v) is 4.39. The van der Waals surface area contributed by atoms with E-state index in [-0.39, 0.29) is 11.8 Å². The van der Waals surface area contributed by atoms with Crippen LogP contribution in [0.25, 0.3) is 0 Å². The molecule has 0 fully saturated rings. The van der Waals surface area contributed by atoms with Crippen LogP contribution < -0.4 is 4.74 Å². The minimum absolute atomic E-state index is 0.167. The average Bonchev–Trinajstić information content (AvgIpc) is 2.67. The minimum atomic E-state index is -0.332. The Kier molecular flexibility index (Phi) is 24.6. The van der Waals surface area contributed by atoms with Gasteiger partial charge in [0.15, 0.2) is 0 Å². The van der Waals surface area contributed by atoms with E-state index in [9.17, 15) is 9.59 Å². The number of carbonyl (C=O) groups is 2. The van der Waals surface area contributed by atoms with E-state index in [1.807, 2.05) is 64.1 Å². The molecule has 0 aliphatic rings. The third-order valence-electron chi connectivity index (χ3n) is 1.96. The summed E-state index contributed by atoms with van der Waals surface area (Å²) in [5.41, 5.74) is 0.557. The van der Waals surface area contributed by atoms with Crippen LogP contribution >= 0.6 is 0 Å². The van der Waals surface area contributed by atoms with Crippen molar-refractivity contribution < 1.29 is 19.1 Å². The molecule has 0 aliphatic heterocycles. The topological polar surface area (TPSA) is 52.6 Å². The molecule has 0 radical (unpaired) electrons. The van der Waals surface area contributed by atoms with Crippen LogP contribution in [0.15, 0.2) is 60.7 Å². The van der Waals surface area contributed by atoms with E-state index in [1.54, 1.807) is 38.5 Å². The number of hydrogen-bond acceptors (Lipinski definition) is 4. The van der Waals surface area contributed by atoms with Crippen molar-refractivity contribution in [1.29, 1.82) is 0 Å². The van der Waals surface area contributed by atoms with E-state index in [4.69, 9.17) is 4.74 Å². The molecule has 0 aromatic heterocycles. The first-order chi connectivity index (χ1) is 12.5. The van der Waals surface area contributed by atoms with Crippen LogP contribution in [0.2, 0.25) is 0 Å². The van der Waals surface area contributed by atoms with E-state index in [2.05, 4.69) is 4.74 Å². The largest absolute Gasteiger partial charge is 0.423 e. The number of carbonyl (C=O) groups excluding carboxylic acids is 2.